The minimum absolute atomic E-state index is 0.0860. The predicted octanol–water partition coefficient (Wildman–Crippen LogP) is 5.57. The normalized spacial score (nSPS) is 12.2. The molecule has 3 heterocycles. The first-order chi connectivity index (χ1) is 16.7. The van der Waals surface area contributed by atoms with Gasteiger partial charge in [0.1, 0.15) is 16.5 Å². The van der Waals surface area contributed by atoms with Gasteiger partial charge in [0.25, 0.3) is 0 Å². The molecular weight excluding hydrogens is 468 g/mol. The van der Waals surface area contributed by atoms with E-state index in [2.05, 4.69) is 15.4 Å². The average molecular weight is 489 g/mol. The molecule has 176 valence electrons. The van der Waals surface area contributed by atoms with E-state index in [1.165, 1.54) is 12.1 Å². The fraction of sp³-hybridized carbons (Fsp3) is 0.154. The smallest absolute Gasteiger partial charge is 0.356 e. The van der Waals surface area contributed by atoms with Crippen molar-refractivity contribution in [3.05, 3.63) is 86.9 Å². The van der Waals surface area contributed by atoms with Crippen molar-refractivity contribution in [2.24, 2.45) is 7.05 Å². The Hall–Kier alpha value is -4.17. The molecule has 0 bridgehead atoms. The third-order valence-electron chi connectivity index (χ3n) is 5.93. The van der Waals surface area contributed by atoms with Gasteiger partial charge in [-0.1, -0.05) is 17.7 Å². The molecule has 0 fully saturated rings. The monoisotopic (exact) mass is 488 g/mol. The van der Waals surface area contributed by atoms with E-state index in [9.17, 15) is 14.7 Å². The molecule has 0 spiro atoms. The maximum absolute atomic E-state index is 13.1. The maximum atomic E-state index is 13.1. The summed E-state index contributed by atoms with van der Waals surface area (Å²) in [5.41, 5.74) is 3.71. The number of benzene rings is 2. The molecule has 5 aromatic rings. The standard InChI is InChI=1S/C26H21ClN4O4/c1-13-8-17(14(2)29-19-5-7-23(27)30-24(19)26(33)34)25-18(9-13)21(32)11-22(35-25)15-4-6-20-16(10-15)12-28-31(20)3/h4-12,14,29H,1-3H3,(H,33,34). The van der Waals surface area contributed by atoms with E-state index < -0.39 is 12.0 Å². The van der Waals surface area contributed by atoms with Crippen molar-refractivity contribution in [2.75, 3.05) is 5.32 Å². The van der Waals surface area contributed by atoms with Crippen molar-refractivity contribution in [3.63, 3.8) is 0 Å². The number of anilines is 1. The summed E-state index contributed by atoms with van der Waals surface area (Å²) in [5, 5.41) is 18.5. The Kier molecular flexibility index (Phi) is 5.53. The number of nitrogens with zero attached hydrogens (tertiary/aromatic N) is 3. The topological polar surface area (TPSA) is 110 Å². The van der Waals surface area contributed by atoms with Crippen LogP contribution in [0.15, 0.2) is 63.9 Å². The third kappa shape index (κ3) is 4.13. The third-order valence-corrected chi connectivity index (χ3v) is 6.15. The van der Waals surface area contributed by atoms with Crippen LogP contribution in [0.4, 0.5) is 5.69 Å². The molecule has 9 heteroatoms. The van der Waals surface area contributed by atoms with Gasteiger partial charge in [0.15, 0.2) is 11.1 Å². The highest BCUT2D eigenvalue weighted by atomic mass is 35.5. The number of nitrogens with one attached hydrogen (secondary N) is 1. The summed E-state index contributed by atoms with van der Waals surface area (Å²) in [6.45, 7) is 3.76. The second-order valence-electron chi connectivity index (χ2n) is 8.45. The molecule has 0 saturated carbocycles. The number of aromatic carboxylic acids is 1. The quantitative estimate of drug-likeness (QED) is 0.311. The summed E-state index contributed by atoms with van der Waals surface area (Å²) in [6, 6.07) is 13.6. The molecule has 5 rings (SSSR count). The SMILES string of the molecule is Cc1cc(C(C)Nc2ccc(Cl)nc2C(=O)O)c2oc(-c3ccc4c(cnn4C)c3)cc(=O)c2c1. The molecule has 0 amide bonds. The van der Waals surface area contributed by atoms with Gasteiger partial charge in [-0.25, -0.2) is 9.78 Å². The van der Waals surface area contributed by atoms with Gasteiger partial charge in [-0.3, -0.25) is 9.48 Å². The molecule has 2 aromatic carbocycles. The lowest BCUT2D eigenvalue weighted by Gasteiger charge is -2.19. The maximum Gasteiger partial charge on any atom is 0.356 e. The molecule has 35 heavy (non-hydrogen) atoms. The van der Waals surface area contributed by atoms with E-state index in [0.717, 1.165) is 22.0 Å². The number of aryl methyl sites for hydroxylation is 2. The Morgan fingerprint density at radius 2 is 1.97 bits per heavy atom. The Bertz CT molecular complexity index is 1690. The van der Waals surface area contributed by atoms with Crippen LogP contribution in [0, 0.1) is 6.92 Å². The van der Waals surface area contributed by atoms with E-state index in [0.29, 0.717) is 28.0 Å². The van der Waals surface area contributed by atoms with Crippen LogP contribution in [-0.2, 0) is 7.05 Å². The number of fused-ring (bicyclic) bond motifs is 2. The van der Waals surface area contributed by atoms with Crippen molar-refractivity contribution in [2.45, 2.75) is 19.9 Å². The summed E-state index contributed by atoms with van der Waals surface area (Å²) in [7, 11) is 1.87. The van der Waals surface area contributed by atoms with Crippen molar-refractivity contribution in [1.82, 2.24) is 14.8 Å². The van der Waals surface area contributed by atoms with Crippen LogP contribution in [0.1, 0.15) is 34.6 Å². The highest BCUT2D eigenvalue weighted by Gasteiger charge is 2.20. The van der Waals surface area contributed by atoms with E-state index in [4.69, 9.17) is 16.0 Å². The highest BCUT2D eigenvalue weighted by Crippen LogP contribution is 2.32. The van der Waals surface area contributed by atoms with Crippen LogP contribution in [0.25, 0.3) is 33.2 Å². The van der Waals surface area contributed by atoms with Crippen LogP contribution in [0.3, 0.4) is 0 Å². The van der Waals surface area contributed by atoms with E-state index in [1.807, 2.05) is 45.2 Å². The van der Waals surface area contributed by atoms with E-state index in [-0.39, 0.29) is 16.3 Å². The minimum Gasteiger partial charge on any atom is -0.476 e. The van der Waals surface area contributed by atoms with Crippen LogP contribution >= 0.6 is 11.6 Å². The largest absolute Gasteiger partial charge is 0.476 e. The van der Waals surface area contributed by atoms with Crippen LogP contribution in [0.5, 0.6) is 0 Å². The first kappa shape index (κ1) is 22.6. The summed E-state index contributed by atoms with van der Waals surface area (Å²) in [6.07, 6.45) is 1.76. The fourth-order valence-electron chi connectivity index (χ4n) is 4.24. The highest BCUT2D eigenvalue weighted by molar-refractivity contribution is 6.29. The molecule has 0 aliphatic heterocycles. The van der Waals surface area contributed by atoms with Gasteiger partial charge in [-0.2, -0.15) is 5.10 Å². The lowest BCUT2D eigenvalue weighted by atomic mass is 10.0. The second kappa shape index (κ2) is 8.56. The zero-order valence-electron chi connectivity index (χ0n) is 19.2. The summed E-state index contributed by atoms with van der Waals surface area (Å²) in [4.78, 5) is 28.7. The molecular formula is C26H21ClN4O4. The van der Waals surface area contributed by atoms with Crippen molar-refractivity contribution < 1.29 is 14.3 Å². The minimum atomic E-state index is -1.20. The van der Waals surface area contributed by atoms with Crippen molar-refractivity contribution in [3.8, 4) is 11.3 Å². The van der Waals surface area contributed by atoms with Crippen LogP contribution in [0.2, 0.25) is 5.15 Å². The Morgan fingerprint density at radius 3 is 2.74 bits per heavy atom. The number of halogens is 1. The van der Waals surface area contributed by atoms with Gasteiger partial charge >= 0.3 is 5.97 Å². The van der Waals surface area contributed by atoms with Crippen molar-refractivity contribution >= 4 is 45.1 Å². The summed E-state index contributed by atoms with van der Waals surface area (Å²) in [5.74, 6) is -0.763. The van der Waals surface area contributed by atoms with Gasteiger partial charge in [-0.15, -0.1) is 0 Å². The van der Waals surface area contributed by atoms with E-state index >= 15 is 0 Å². The number of carboxylic acids is 1. The lowest BCUT2D eigenvalue weighted by Crippen LogP contribution is -2.13. The second-order valence-corrected chi connectivity index (χ2v) is 8.84. The fourth-order valence-corrected chi connectivity index (χ4v) is 4.39. The number of rotatable bonds is 5. The number of hydrogen-bond donors (Lipinski definition) is 2. The van der Waals surface area contributed by atoms with E-state index in [1.54, 1.807) is 23.0 Å². The van der Waals surface area contributed by atoms with Crippen LogP contribution in [-0.4, -0.2) is 25.8 Å². The van der Waals surface area contributed by atoms with Gasteiger partial charge in [-0.05, 0) is 55.8 Å². The molecule has 8 nitrogen and oxygen atoms in total. The molecule has 0 saturated heterocycles. The molecule has 0 aliphatic rings. The van der Waals surface area contributed by atoms with Gasteiger partial charge in [0.2, 0.25) is 0 Å². The zero-order valence-corrected chi connectivity index (χ0v) is 19.9. The van der Waals surface area contributed by atoms with Crippen LogP contribution < -0.4 is 10.7 Å². The Morgan fingerprint density at radius 1 is 1.17 bits per heavy atom. The average Bonchev–Trinajstić information content (AvgIpc) is 3.20. The molecule has 1 atom stereocenters. The molecule has 3 aromatic heterocycles. The number of carboxylic acid groups (broad SMARTS) is 1. The molecule has 2 N–H and O–H groups in total. The number of hydrogen-bond acceptors (Lipinski definition) is 6. The lowest BCUT2D eigenvalue weighted by molar-refractivity contribution is 0.0691. The number of pyridine rings is 1. The zero-order chi connectivity index (χ0) is 24.9. The molecule has 1 unspecified atom stereocenters. The molecule has 0 aliphatic carbocycles. The Balaban J connectivity index is 1.63. The number of aromatic nitrogens is 3. The molecule has 0 radical (unpaired) electrons. The Labute approximate surface area is 204 Å². The summed E-state index contributed by atoms with van der Waals surface area (Å²) >= 11 is 5.89. The van der Waals surface area contributed by atoms with Gasteiger partial charge in [0, 0.05) is 29.6 Å². The number of carbonyl (C=O) groups is 1. The predicted molar refractivity (Wildman–Crippen MR) is 135 cm³/mol. The van der Waals surface area contributed by atoms with Gasteiger partial charge < -0.3 is 14.8 Å². The van der Waals surface area contributed by atoms with Crippen molar-refractivity contribution in [1.29, 1.82) is 0 Å². The first-order valence-corrected chi connectivity index (χ1v) is 11.3. The van der Waals surface area contributed by atoms with Gasteiger partial charge in [0.05, 0.1) is 28.8 Å². The summed E-state index contributed by atoms with van der Waals surface area (Å²) < 4.78 is 8.08. The first-order valence-electron chi connectivity index (χ1n) is 10.9.